The Kier molecular flexibility index (Phi) is 4.99. The number of benzene rings is 1. The number of carbonyl (C=O) groups excluding carboxylic acids is 1. The summed E-state index contributed by atoms with van der Waals surface area (Å²) in [4.78, 5) is 19.3. The van der Waals surface area contributed by atoms with Gasteiger partial charge in [0.25, 0.3) is 5.91 Å². The van der Waals surface area contributed by atoms with E-state index in [4.69, 9.17) is 4.42 Å². The van der Waals surface area contributed by atoms with E-state index in [1.807, 2.05) is 37.6 Å². The van der Waals surface area contributed by atoms with Gasteiger partial charge < -0.3 is 19.0 Å². The van der Waals surface area contributed by atoms with Crippen LogP contribution < -0.4 is 0 Å². The molecule has 1 aromatic carbocycles. The van der Waals surface area contributed by atoms with E-state index in [0.717, 1.165) is 39.9 Å². The zero-order chi connectivity index (χ0) is 20.8. The summed E-state index contributed by atoms with van der Waals surface area (Å²) in [5.74, 6) is 1.30. The fraction of sp³-hybridized carbons (Fsp3) is 0.478. The van der Waals surface area contributed by atoms with Crippen LogP contribution in [0, 0.1) is 20.8 Å². The molecule has 1 saturated heterocycles. The van der Waals surface area contributed by atoms with Crippen LogP contribution in [0.3, 0.4) is 0 Å². The lowest BCUT2D eigenvalue weighted by Crippen LogP contribution is -2.48. The number of fused-ring (bicyclic) bond motifs is 1. The summed E-state index contributed by atoms with van der Waals surface area (Å²) in [7, 11) is 0. The average molecular weight is 396 g/mol. The van der Waals surface area contributed by atoms with Gasteiger partial charge in [-0.15, -0.1) is 0 Å². The number of rotatable bonds is 4. The number of piperidine rings is 1. The molecule has 3 aromatic rings. The molecule has 6 nitrogen and oxygen atoms in total. The quantitative estimate of drug-likeness (QED) is 0.730. The molecule has 1 aliphatic heterocycles. The summed E-state index contributed by atoms with van der Waals surface area (Å²) >= 11 is 0. The van der Waals surface area contributed by atoms with Crippen molar-refractivity contribution < 1.29 is 14.3 Å². The standard InChI is InChI=1S/C23H29N3O3/c1-5-19-24-10-13-26(19)14-23(28)8-11-25(12-9-23)22(27)21-17(4)18-7-6-15(2)16(3)20(18)29-21/h6-7,10,13,28H,5,8-9,11-12,14H2,1-4H3. The molecule has 0 saturated carbocycles. The minimum absolute atomic E-state index is 0.0883. The zero-order valence-electron chi connectivity index (χ0n) is 17.7. The summed E-state index contributed by atoms with van der Waals surface area (Å²) in [6, 6.07) is 4.09. The van der Waals surface area contributed by atoms with Crippen molar-refractivity contribution in [2.75, 3.05) is 13.1 Å². The number of hydrogen-bond donors (Lipinski definition) is 1. The summed E-state index contributed by atoms with van der Waals surface area (Å²) in [5, 5.41) is 12.1. The number of aryl methyl sites for hydroxylation is 4. The van der Waals surface area contributed by atoms with Gasteiger partial charge >= 0.3 is 0 Å². The summed E-state index contributed by atoms with van der Waals surface area (Å²) in [6.45, 7) is 9.61. The molecule has 154 valence electrons. The van der Waals surface area contributed by atoms with Crippen LogP contribution in [-0.2, 0) is 13.0 Å². The second-order valence-corrected chi connectivity index (χ2v) is 8.28. The fourth-order valence-electron chi connectivity index (χ4n) is 4.27. The van der Waals surface area contributed by atoms with Crippen LogP contribution in [0.1, 0.15) is 52.8 Å². The van der Waals surface area contributed by atoms with Gasteiger partial charge in [-0.2, -0.15) is 0 Å². The molecule has 4 rings (SSSR count). The van der Waals surface area contributed by atoms with E-state index >= 15 is 0 Å². The molecule has 0 aliphatic carbocycles. The van der Waals surface area contributed by atoms with Crippen molar-refractivity contribution in [2.24, 2.45) is 0 Å². The molecule has 0 spiro atoms. The highest BCUT2D eigenvalue weighted by Gasteiger charge is 2.36. The van der Waals surface area contributed by atoms with Gasteiger partial charge in [0.1, 0.15) is 11.4 Å². The van der Waals surface area contributed by atoms with Gasteiger partial charge in [0, 0.05) is 42.9 Å². The van der Waals surface area contributed by atoms with Crippen LogP contribution in [0.2, 0.25) is 0 Å². The summed E-state index contributed by atoms with van der Waals surface area (Å²) in [6.07, 6.45) is 5.60. The van der Waals surface area contributed by atoms with Gasteiger partial charge in [-0.25, -0.2) is 4.98 Å². The van der Waals surface area contributed by atoms with Gasteiger partial charge in [-0.1, -0.05) is 19.1 Å². The summed E-state index contributed by atoms with van der Waals surface area (Å²) < 4.78 is 8.05. The number of furan rings is 1. The molecule has 1 N–H and O–H groups in total. The van der Waals surface area contributed by atoms with Gasteiger partial charge in [-0.3, -0.25) is 4.79 Å². The minimum Gasteiger partial charge on any atom is -0.450 e. The van der Waals surface area contributed by atoms with Crippen molar-refractivity contribution in [3.05, 3.63) is 52.8 Å². The largest absolute Gasteiger partial charge is 0.450 e. The number of likely N-dealkylation sites (tertiary alicyclic amines) is 1. The maximum atomic E-state index is 13.2. The average Bonchev–Trinajstić information content (AvgIpc) is 3.29. The Bertz CT molecular complexity index is 1050. The molecule has 0 unspecified atom stereocenters. The summed E-state index contributed by atoms with van der Waals surface area (Å²) in [5.41, 5.74) is 3.09. The van der Waals surface area contributed by atoms with Crippen molar-refractivity contribution in [1.29, 1.82) is 0 Å². The number of hydrogen-bond acceptors (Lipinski definition) is 4. The van der Waals surface area contributed by atoms with Gasteiger partial charge in [-0.05, 0) is 44.7 Å². The lowest BCUT2D eigenvalue weighted by molar-refractivity contribution is -0.0302. The van der Waals surface area contributed by atoms with Crippen LogP contribution in [0.4, 0.5) is 0 Å². The van der Waals surface area contributed by atoms with Gasteiger partial charge in [0.2, 0.25) is 0 Å². The first-order valence-electron chi connectivity index (χ1n) is 10.3. The Morgan fingerprint density at radius 3 is 2.62 bits per heavy atom. The minimum atomic E-state index is -0.821. The number of aromatic nitrogens is 2. The van der Waals surface area contributed by atoms with Crippen molar-refractivity contribution in [3.63, 3.8) is 0 Å². The van der Waals surface area contributed by atoms with E-state index in [1.54, 1.807) is 11.1 Å². The molecule has 1 amide bonds. The van der Waals surface area contributed by atoms with E-state index in [0.29, 0.717) is 38.2 Å². The molecule has 6 heteroatoms. The highest BCUT2D eigenvalue weighted by Crippen LogP contribution is 2.32. The number of aliphatic hydroxyl groups is 1. The van der Waals surface area contributed by atoms with E-state index in [1.165, 1.54) is 0 Å². The van der Waals surface area contributed by atoms with Crippen LogP contribution in [0.15, 0.2) is 28.9 Å². The normalized spacial score (nSPS) is 16.5. The molecule has 2 aromatic heterocycles. The van der Waals surface area contributed by atoms with Gasteiger partial charge in [0.05, 0.1) is 12.1 Å². The Balaban J connectivity index is 1.50. The lowest BCUT2D eigenvalue weighted by atomic mass is 9.91. The molecular weight excluding hydrogens is 366 g/mol. The first-order chi connectivity index (χ1) is 13.8. The number of amides is 1. The third kappa shape index (κ3) is 3.46. The second kappa shape index (κ2) is 7.34. The maximum Gasteiger partial charge on any atom is 0.289 e. The van der Waals surface area contributed by atoms with E-state index in [2.05, 4.69) is 18.0 Å². The number of carbonyl (C=O) groups is 1. The zero-order valence-corrected chi connectivity index (χ0v) is 17.7. The second-order valence-electron chi connectivity index (χ2n) is 8.28. The van der Waals surface area contributed by atoms with Gasteiger partial charge in [0.15, 0.2) is 5.76 Å². The molecule has 0 radical (unpaired) electrons. The first-order valence-corrected chi connectivity index (χ1v) is 10.3. The van der Waals surface area contributed by atoms with Crippen molar-refractivity contribution in [1.82, 2.24) is 14.5 Å². The van der Waals surface area contributed by atoms with Crippen molar-refractivity contribution in [2.45, 2.75) is 59.1 Å². The molecule has 3 heterocycles. The van der Waals surface area contributed by atoms with Crippen LogP contribution >= 0.6 is 0 Å². The van der Waals surface area contributed by atoms with Crippen molar-refractivity contribution in [3.8, 4) is 0 Å². The Morgan fingerprint density at radius 1 is 1.21 bits per heavy atom. The molecule has 0 atom stereocenters. The van der Waals surface area contributed by atoms with E-state index < -0.39 is 5.60 Å². The molecule has 1 fully saturated rings. The smallest absolute Gasteiger partial charge is 0.289 e. The highest BCUT2D eigenvalue weighted by atomic mass is 16.3. The van der Waals surface area contributed by atoms with Crippen LogP contribution in [-0.4, -0.2) is 44.2 Å². The SMILES string of the molecule is CCc1nccn1CC1(O)CCN(C(=O)c2oc3c(C)c(C)ccc3c2C)CC1. The highest BCUT2D eigenvalue weighted by molar-refractivity contribution is 5.99. The Hall–Kier alpha value is -2.60. The third-order valence-corrected chi connectivity index (χ3v) is 6.38. The predicted molar refractivity (Wildman–Crippen MR) is 112 cm³/mol. The fourth-order valence-corrected chi connectivity index (χ4v) is 4.27. The molecule has 0 bridgehead atoms. The number of imidazole rings is 1. The van der Waals surface area contributed by atoms with Crippen LogP contribution in [0.25, 0.3) is 11.0 Å². The van der Waals surface area contributed by atoms with Crippen LogP contribution in [0.5, 0.6) is 0 Å². The maximum absolute atomic E-state index is 13.2. The lowest BCUT2D eigenvalue weighted by Gasteiger charge is -2.38. The van der Waals surface area contributed by atoms with E-state index in [9.17, 15) is 9.90 Å². The Labute approximate surface area is 171 Å². The van der Waals surface area contributed by atoms with Crippen molar-refractivity contribution >= 4 is 16.9 Å². The Morgan fingerprint density at radius 2 is 1.93 bits per heavy atom. The number of nitrogens with zero attached hydrogens (tertiary/aromatic N) is 3. The van der Waals surface area contributed by atoms with E-state index in [-0.39, 0.29) is 5.91 Å². The monoisotopic (exact) mass is 395 g/mol. The first kappa shape index (κ1) is 19.7. The predicted octanol–water partition coefficient (Wildman–Crippen LogP) is 3.78. The molecular formula is C23H29N3O3. The molecule has 1 aliphatic rings. The third-order valence-electron chi connectivity index (χ3n) is 6.38. The molecule has 29 heavy (non-hydrogen) atoms. The topological polar surface area (TPSA) is 71.5 Å².